The van der Waals surface area contributed by atoms with Crippen molar-refractivity contribution in [3.8, 4) is 0 Å². The third kappa shape index (κ3) is 5.29. The van der Waals surface area contributed by atoms with E-state index in [4.69, 9.17) is 23.2 Å². The summed E-state index contributed by atoms with van der Waals surface area (Å²) in [5.41, 5.74) is 3.36. The minimum absolute atomic E-state index is 0.240. The lowest BCUT2D eigenvalue weighted by atomic mass is 9.93. The first-order chi connectivity index (χ1) is 17.0. The molecule has 1 saturated heterocycles. The number of halogens is 2. The van der Waals surface area contributed by atoms with Gasteiger partial charge in [0.25, 0.3) is 5.91 Å². The number of rotatable bonds is 6. The van der Waals surface area contributed by atoms with Crippen molar-refractivity contribution in [1.29, 1.82) is 0 Å². The molecule has 4 aromatic rings. The number of para-hydroxylation sites is 2. The lowest BCUT2D eigenvalue weighted by Gasteiger charge is -2.34. The molecule has 0 saturated carbocycles. The van der Waals surface area contributed by atoms with E-state index in [0.29, 0.717) is 27.2 Å². The zero-order chi connectivity index (χ0) is 24.4. The second-order valence-corrected chi connectivity index (χ2v) is 9.88. The molecule has 3 heterocycles. The highest BCUT2D eigenvalue weighted by Crippen LogP contribution is 2.32. The van der Waals surface area contributed by atoms with E-state index in [1.807, 2.05) is 6.07 Å². The maximum atomic E-state index is 12.8. The molecule has 2 aromatic heterocycles. The van der Waals surface area contributed by atoms with Gasteiger partial charge in [0, 0.05) is 36.4 Å². The van der Waals surface area contributed by atoms with Crippen LogP contribution in [-0.4, -0.2) is 33.5 Å². The number of aryl methyl sites for hydroxylation is 2. The van der Waals surface area contributed by atoms with Crippen LogP contribution in [0.4, 0.5) is 11.5 Å². The molecule has 8 heteroatoms. The van der Waals surface area contributed by atoms with E-state index < -0.39 is 0 Å². The van der Waals surface area contributed by atoms with Crippen molar-refractivity contribution in [2.75, 3.05) is 23.3 Å². The van der Waals surface area contributed by atoms with Gasteiger partial charge in [-0.05, 0) is 68.5 Å². The number of imidazole rings is 1. The van der Waals surface area contributed by atoms with E-state index in [-0.39, 0.29) is 5.91 Å². The SMILES string of the molecule is Cc1nc2ccccc2n1CCC1CCN(c2ncc(Cl)cc2NC(=O)c2cccc(Cl)c2)CC1. The Morgan fingerprint density at radius 2 is 1.86 bits per heavy atom. The van der Waals surface area contributed by atoms with Crippen molar-refractivity contribution in [3.05, 3.63) is 82.2 Å². The van der Waals surface area contributed by atoms with E-state index in [1.54, 1.807) is 36.5 Å². The van der Waals surface area contributed by atoms with Gasteiger partial charge in [-0.1, -0.05) is 41.4 Å². The van der Waals surface area contributed by atoms with E-state index in [9.17, 15) is 4.79 Å². The van der Waals surface area contributed by atoms with E-state index in [2.05, 4.69) is 49.9 Å². The van der Waals surface area contributed by atoms with Gasteiger partial charge in [0.15, 0.2) is 5.82 Å². The molecule has 1 N–H and O–H groups in total. The minimum atomic E-state index is -0.240. The highest BCUT2D eigenvalue weighted by atomic mass is 35.5. The largest absolute Gasteiger partial charge is 0.355 e. The molecule has 0 atom stereocenters. The van der Waals surface area contributed by atoms with Crippen LogP contribution in [0.25, 0.3) is 11.0 Å². The molecule has 1 aliphatic rings. The summed E-state index contributed by atoms with van der Waals surface area (Å²) < 4.78 is 2.33. The average Bonchev–Trinajstić information content (AvgIpc) is 3.18. The summed E-state index contributed by atoms with van der Waals surface area (Å²) >= 11 is 12.3. The topological polar surface area (TPSA) is 63.1 Å². The fraction of sp³-hybridized carbons (Fsp3) is 0.296. The van der Waals surface area contributed by atoms with E-state index in [1.165, 1.54) is 5.52 Å². The second-order valence-electron chi connectivity index (χ2n) is 9.01. The van der Waals surface area contributed by atoms with Crippen molar-refractivity contribution in [2.24, 2.45) is 5.92 Å². The van der Waals surface area contributed by atoms with Gasteiger partial charge in [0.2, 0.25) is 0 Å². The first-order valence-corrected chi connectivity index (χ1v) is 12.6. The lowest BCUT2D eigenvalue weighted by Crippen LogP contribution is -2.35. The summed E-state index contributed by atoms with van der Waals surface area (Å²) in [7, 11) is 0. The number of carbonyl (C=O) groups excluding carboxylic acids is 1. The predicted octanol–water partition coefficient (Wildman–Crippen LogP) is 6.61. The smallest absolute Gasteiger partial charge is 0.255 e. The molecule has 2 aromatic carbocycles. The Labute approximate surface area is 214 Å². The Morgan fingerprint density at radius 1 is 1.06 bits per heavy atom. The van der Waals surface area contributed by atoms with Crippen LogP contribution in [-0.2, 0) is 6.54 Å². The predicted molar refractivity (Wildman–Crippen MR) is 143 cm³/mol. The zero-order valence-electron chi connectivity index (χ0n) is 19.5. The fourth-order valence-electron chi connectivity index (χ4n) is 4.82. The maximum Gasteiger partial charge on any atom is 0.255 e. The molecule has 0 bridgehead atoms. The Kier molecular flexibility index (Phi) is 6.93. The summed E-state index contributed by atoms with van der Waals surface area (Å²) in [6.45, 7) is 4.80. The summed E-state index contributed by atoms with van der Waals surface area (Å²) in [5, 5.41) is 3.97. The second kappa shape index (κ2) is 10.3. The molecule has 6 nitrogen and oxygen atoms in total. The van der Waals surface area contributed by atoms with Crippen molar-refractivity contribution >= 4 is 51.6 Å². The number of benzene rings is 2. The maximum absolute atomic E-state index is 12.8. The molecule has 0 radical (unpaired) electrons. The van der Waals surface area contributed by atoms with Gasteiger partial charge in [-0.3, -0.25) is 4.79 Å². The van der Waals surface area contributed by atoms with Crippen LogP contribution >= 0.6 is 23.2 Å². The molecular weight excluding hydrogens is 481 g/mol. The molecule has 5 rings (SSSR count). The lowest BCUT2D eigenvalue weighted by molar-refractivity contribution is 0.102. The molecule has 35 heavy (non-hydrogen) atoms. The Morgan fingerprint density at radius 3 is 2.66 bits per heavy atom. The van der Waals surface area contributed by atoms with Crippen LogP contribution in [0.5, 0.6) is 0 Å². The van der Waals surface area contributed by atoms with Gasteiger partial charge in [0.1, 0.15) is 5.82 Å². The van der Waals surface area contributed by atoms with Crippen molar-refractivity contribution in [1.82, 2.24) is 14.5 Å². The molecule has 0 unspecified atom stereocenters. The number of hydrogen-bond acceptors (Lipinski definition) is 4. The average molecular weight is 508 g/mol. The molecule has 1 fully saturated rings. The van der Waals surface area contributed by atoms with Gasteiger partial charge in [-0.15, -0.1) is 0 Å². The molecule has 1 aliphatic heterocycles. The number of amides is 1. The number of nitrogens with one attached hydrogen (secondary N) is 1. The van der Waals surface area contributed by atoms with Crippen molar-refractivity contribution in [3.63, 3.8) is 0 Å². The molecular formula is C27H27Cl2N5O. The molecule has 180 valence electrons. The van der Waals surface area contributed by atoms with Gasteiger partial charge >= 0.3 is 0 Å². The Hall–Kier alpha value is -3.09. The first kappa shape index (κ1) is 23.6. The normalized spacial score (nSPS) is 14.4. The van der Waals surface area contributed by atoms with E-state index in [0.717, 1.165) is 56.1 Å². The number of nitrogens with zero attached hydrogens (tertiary/aromatic N) is 4. The number of aromatic nitrogens is 3. The van der Waals surface area contributed by atoms with Gasteiger partial charge in [0.05, 0.1) is 21.7 Å². The summed E-state index contributed by atoms with van der Waals surface area (Å²) in [4.78, 5) is 24.3. The quantitative estimate of drug-likeness (QED) is 0.319. The van der Waals surface area contributed by atoms with Gasteiger partial charge in [-0.25, -0.2) is 9.97 Å². The monoisotopic (exact) mass is 507 g/mol. The summed E-state index contributed by atoms with van der Waals surface area (Å²) in [6, 6.07) is 16.9. The molecule has 0 spiro atoms. The number of anilines is 2. The standard InChI is InChI=1S/C27H27Cl2N5O/c1-18-31-23-7-2-3-8-25(23)34(18)14-11-19-9-12-33(13-10-19)26-24(16-22(29)17-30-26)32-27(35)20-5-4-6-21(28)15-20/h2-8,15-17,19H,9-14H2,1H3,(H,32,35). The van der Waals surface area contributed by atoms with Crippen LogP contribution < -0.4 is 10.2 Å². The number of piperidine rings is 1. The molecule has 0 aliphatic carbocycles. The number of hydrogen-bond donors (Lipinski definition) is 1. The highest BCUT2D eigenvalue weighted by molar-refractivity contribution is 6.31. The van der Waals surface area contributed by atoms with Crippen LogP contribution in [0.1, 0.15) is 35.4 Å². The van der Waals surface area contributed by atoms with Crippen molar-refractivity contribution in [2.45, 2.75) is 32.7 Å². The minimum Gasteiger partial charge on any atom is -0.355 e. The van der Waals surface area contributed by atoms with Crippen molar-refractivity contribution < 1.29 is 4.79 Å². The summed E-state index contributed by atoms with van der Waals surface area (Å²) in [6.07, 6.45) is 4.88. The highest BCUT2D eigenvalue weighted by Gasteiger charge is 2.23. The van der Waals surface area contributed by atoms with Crippen LogP contribution in [0.15, 0.2) is 60.8 Å². The van der Waals surface area contributed by atoms with E-state index >= 15 is 0 Å². The Balaban J connectivity index is 1.24. The van der Waals surface area contributed by atoms with Gasteiger partial charge in [-0.2, -0.15) is 0 Å². The summed E-state index contributed by atoms with van der Waals surface area (Å²) in [5.74, 6) is 2.20. The molecule has 1 amide bonds. The Bertz CT molecular complexity index is 1360. The zero-order valence-corrected chi connectivity index (χ0v) is 21.1. The third-order valence-corrected chi connectivity index (χ3v) is 7.13. The number of fused-ring (bicyclic) bond motifs is 1. The third-order valence-electron chi connectivity index (χ3n) is 6.69. The fourth-order valence-corrected chi connectivity index (χ4v) is 5.17. The van der Waals surface area contributed by atoms with Gasteiger partial charge < -0.3 is 14.8 Å². The van der Waals surface area contributed by atoms with Crippen LogP contribution in [0.3, 0.4) is 0 Å². The first-order valence-electron chi connectivity index (χ1n) is 11.9. The van der Waals surface area contributed by atoms with Crippen LogP contribution in [0, 0.1) is 12.8 Å². The number of pyridine rings is 1. The van der Waals surface area contributed by atoms with Crippen LogP contribution in [0.2, 0.25) is 10.0 Å². The number of carbonyl (C=O) groups is 1.